The van der Waals surface area contributed by atoms with Gasteiger partial charge in [-0.1, -0.05) is 78.9 Å². The predicted octanol–water partition coefficient (Wildman–Crippen LogP) is 6.77. The maximum Gasteiger partial charge on any atom is 0.411 e. The molecule has 8 heteroatoms. The van der Waals surface area contributed by atoms with Gasteiger partial charge in [0.25, 0.3) is 5.91 Å². The zero-order valence-electron chi connectivity index (χ0n) is 21.5. The maximum atomic E-state index is 13.5. The summed E-state index contributed by atoms with van der Waals surface area (Å²) in [6.45, 7) is 0.507. The fraction of sp³-hybridized carbons (Fsp3) is 0.156. The van der Waals surface area contributed by atoms with Crippen LogP contribution < -0.4 is 5.32 Å². The van der Waals surface area contributed by atoms with E-state index in [1.54, 1.807) is 18.2 Å². The molecular formula is C32H27IN2O5. The number of anilines is 1. The molecule has 0 saturated heterocycles. The number of carbonyl (C=O) groups excluding carboxylic acids is 2. The van der Waals surface area contributed by atoms with E-state index in [-0.39, 0.29) is 37.9 Å². The van der Waals surface area contributed by atoms with Gasteiger partial charge in [-0.3, -0.25) is 14.9 Å². The van der Waals surface area contributed by atoms with Crippen molar-refractivity contribution in [2.75, 3.05) is 18.5 Å². The van der Waals surface area contributed by atoms with E-state index in [4.69, 9.17) is 4.74 Å². The Kier molecular flexibility index (Phi) is 8.45. The van der Waals surface area contributed by atoms with Gasteiger partial charge >= 0.3 is 12.1 Å². The monoisotopic (exact) mass is 646 g/mol. The summed E-state index contributed by atoms with van der Waals surface area (Å²) in [7, 11) is 0. The van der Waals surface area contributed by atoms with Crippen LogP contribution in [0, 0.1) is 3.57 Å². The minimum Gasteiger partial charge on any atom is -0.481 e. The average molecular weight is 646 g/mol. The summed E-state index contributed by atoms with van der Waals surface area (Å²) in [5, 5.41) is 12.0. The Morgan fingerprint density at radius 3 is 2.12 bits per heavy atom. The fourth-order valence-corrected chi connectivity index (χ4v) is 5.68. The van der Waals surface area contributed by atoms with Gasteiger partial charge in [0.05, 0.1) is 6.42 Å². The number of rotatable bonds is 9. The van der Waals surface area contributed by atoms with E-state index in [0.29, 0.717) is 11.3 Å². The molecule has 40 heavy (non-hydrogen) atoms. The van der Waals surface area contributed by atoms with E-state index in [0.717, 1.165) is 31.4 Å². The van der Waals surface area contributed by atoms with Gasteiger partial charge in [0, 0.05) is 33.8 Å². The highest BCUT2D eigenvalue weighted by atomic mass is 127. The molecule has 7 nitrogen and oxygen atoms in total. The molecule has 0 radical (unpaired) electrons. The van der Waals surface area contributed by atoms with Gasteiger partial charge in [0.2, 0.25) is 0 Å². The lowest BCUT2D eigenvalue weighted by Crippen LogP contribution is -2.32. The highest BCUT2D eigenvalue weighted by molar-refractivity contribution is 14.1. The first-order chi connectivity index (χ1) is 19.4. The third-order valence-electron chi connectivity index (χ3n) is 6.83. The first-order valence-corrected chi connectivity index (χ1v) is 13.9. The molecule has 0 atom stereocenters. The topological polar surface area (TPSA) is 95.9 Å². The van der Waals surface area contributed by atoms with Crippen LogP contribution in [0.5, 0.6) is 0 Å². The fourth-order valence-electron chi connectivity index (χ4n) is 5.01. The number of carboxylic acids is 1. The number of fused-ring (bicyclic) bond motifs is 3. The Morgan fingerprint density at radius 2 is 1.48 bits per heavy atom. The first-order valence-electron chi connectivity index (χ1n) is 12.9. The van der Waals surface area contributed by atoms with Crippen molar-refractivity contribution in [1.29, 1.82) is 0 Å². The number of nitrogens with one attached hydrogen (secondary N) is 1. The summed E-state index contributed by atoms with van der Waals surface area (Å²) < 4.78 is 6.41. The number of amides is 2. The summed E-state index contributed by atoms with van der Waals surface area (Å²) in [4.78, 5) is 39.1. The number of halogens is 1. The summed E-state index contributed by atoms with van der Waals surface area (Å²) in [6, 6.07) is 30.7. The molecule has 5 rings (SSSR count). The van der Waals surface area contributed by atoms with Crippen LogP contribution in [0.2, 0.25) is 0 Å². The number of hydrogen-bond acceptors (Lipinski definition) is 4. The molecule has 0 aromatic heterocycles. The van der Waals surface area contributed by atoms with Crippen molar-refractivity contribution in [2.24, 2.45) is 0 Å². The number of aliphatic carboxylic acids is 1. The second-order valence-corrected chi connectivity index (χ2v) is 10.8. The molecule has 0 spiro atoms. The minimum atomic E-state index is -0.980. The zero-order valence-corrected chi connectivity index (χ0v) is 23.7. The summed E-state index contributed by atoms with van der Waals surface area (Å²) in [6.07, 6.45) is -0.790. The Hall–Kier alpha value is -4.18. The number of carbonyl (C=O) groups is 3. The van der Waals surface area contributed by atoms with Crippen molar-refractivity contribution in [2.45, 2.75) is 18.9 Å². The third kappa shape index (κ3) is 6.34. The molecule has 1 aliphatic carbocycles. The van der Waals surface area contributed by atoms with E-state index in [1.165, 1.54) is 4.90 Å². The standard InChI is InChI=1S/C32H27IN2O5/c33-23-16-22(31(38)35(15-14-30(36)37)19-21-8-2-1-3-9-21)17-24(18-23)34-32(39)40-20-29-27-12-6-4-10-25(27)26-11-5-7-13-28(26)29/h1-13,16-18,29H,14-15,19-20H2,(H,34,39)(H,36,37). The number of carboxylic acid groups (broad SMARTS) is 1. The first kappa shape index (κ1) is 27.4. The lowest BCUT2D eigenvalue weighted by molar-refractivity contribution is -0.137. The quantitative estimate of drug-likeness (QED) is 0.196. The van der Waals surface area contributed by atoms with Gasteiger partial charge in [-0.05, 0) is 68.6 Å². The van der Waals surface area contributed by atoms with Crippen LogP contribution in [0.25, 0.3) is 11.1 Å². The Labute approximate surface area is 245 Å². The highest BCUT2D eigenvalue weighted by Gasteiger charge is 2.29. The highest BCUT2D eigenvalue weighted by Crippen LogP contribution is 2.44. The molecule has 4 aromatic carbocycles. The van der Waals surface area contributed by atoms with E-state index in [9.17, 15) is 19.5 Å². The molecule has 2 N–H and O–H groups in total. The molecule has 202 valence electrons. The van der Waals surface area contributed by atoms with Crippen LogP contribution in [0.1, 0.15) is 39.4 Å². The number of benzene rings is 4. The predicted molar refractivity (Wildman–Crippen MR) is 161 cm³/mol. The van der Waals surface area contributed by atoms with Gasteiger partial charge in [-0.15, -0.1) is 0 Å². The lowest BCUT2D eigenvalue weighted by atomic mass is 9.98. The van der Waals surface area contributed by atoms with Gasteiger partial charge < -0.3 is 14.7 Å². The van der Waals surface area contributed by atoms with Crippen LogP contribution in [0.15, 0.2) is 97.1 Å². The number of hydrogen-bond donors (Lipinski definition) is 2. The minimum absolute atomic E-state index is 0.0592. The molecule has 0 unspecified atom stereocenters. The van der Waals surface area contributed by atoms with Gasteiger partial charge in [-0.2, -0.15) is 0 Å². The van der Waals surface area contributed by atoms with Gasteiger partial charge in [0.15, 0.2) is 0 Å². The van der Waals surface area contributed by atoms with Crippen LogP contribution in [0.3, 0.4) is 0 Å². The van der Waals surface area contributed by atoms with Crippen LogP contribution in [0.4, 0.5) is 10.5 Å². The summed E-state index contributed by atoms with van der Waals surface area (Å²) in [5.74, 6) is -1.36. The van der Waals surface area contributed by atoms with E-state index in [1.807, 2.05) is 54.6 Å². The summed E-state index contributed by atoms with van der Waals surface area (Å²) in [5.41, 5.74) is 6.21. The average Bonchev–Trinajstić information content (AvgIpc) is 3.27. The largest absolute Gasteiger partial charge is 0.481 e. The summed E-state index contributed by atoms with van der Waals surface area (Å²) >= 11 is 2.09. The Bertz CT molecular complexity index is 1510. The van der Waals surface area contributed by atoms with Crippen LogP contribution in [-0.2, 0) is 16.1 Å². The molecule has 0 saturated carbocycles. The maximum absolute atomic E-state index is 13.5. The third-order valence-corrected chi connectivity index (χ3v) is 7.46. The molecular weight excluding hydrogens is 619 g/mol. The van der Waals surface area contributed by atoms with Gasteiger partial charge in [0.1, 0.15) is 6.61 Å². The van der Waals surface area contributed by atoms with Crippen molar-refractivity contribution in [3.05, 3.63) is 123 Å². The second kappa shape index (κ2) is 12.3. The second-order valence-electron chi connectivity index (χ2n) is 9.54. The van der Waals surface area contributed by atoms with Crippen molar-refractivity contribution in [1.82, 2.24) is 4.90 Å². The normalized spacial score (nSPS) is 11.8. The number of nitrogens with zero attached hydrogens (tertiary/aromatic N) is 1. The number of ether oxygens (including phenoxy) is 1. The van der Waals surface area contributed by atoms with Crippen molar-refractivity contribution in [3.8, 4) is 11.1 Å². The van der Waals surface area contributed by atoms with E-state index < -0.39 is 12.1 Å². The lowest BCUT2D eigenvalue weighted by Gasteiger charge is -2.23. The SMILES string of the molecule is O=C(O)CCN(Cc1ccccc1)C(=O)c1cc(I)cc(NC(=O)OCC2c3ccccc3-c3ccccc32)c1. The van der Waals surface area contributed by atoms with Crippen LogP contribution in [-0.4, -0.2) is 41.1 Å². The van der Waals surface area contributed by atoms with E-state index >= 15 is 0 Å². The van der Waals surface area contributed by atoms with Gasteiger partial charge in [-0.25, -0.2) is 4.79 Å². The Balaban J connectivity index is 1.29. The van der Waals surface area contributed by atoms with E-state index in [2.05, 4.69) is 52.2 Å². The molecule has 0 fully saturated rings. The van der Waals surface area contributed by atoms with Crippen molar-refractivity contribution < 1.29 is 24.2 Å². The zero-order chi connectivity index (χ0) is 28.1. The Morgan fingerprint density at radius 1 is 0.850 bits per heavy atom. The molecule has 4 aromatic rings. The molecule has 2 amide bonds. The van der Waals surface area contributed by atoms with Crippen LogP contribution >= 0.6 is 22.6 Å². The molecule has 1 aliphatic rings. The molecule has 0 aliphatic heterocycles. The smallest absolute Gasteiger partial charge is 0.411 e. The van der Waals surface area contributed by atoms with Crippen molar-refractivity contribution in [3.63, 3.8) is 0 Å². The molecule has 0 heterocycles. The molecule has 0 bridgehead atoms. The van der Waals surface area contributed by atoms with Crippen molar-refractivity contribution >= 4 is 46.2 Å².